The lowest BCUT2D eigenvalue weighted by Crippen LogP contribution is -1.83. The highest BCUT2D eigenvalue weighted by Gasteiger charge is 2.06. The number of halogens is 2. The van der Waals surface area contributed by atoms with Crippen molar-refractivity contribution in [1.82, 2.24) is 0 Å². The number of nitrogens with zero attached hydrogens (tertiary/aromatic N) is 1. The topological polar surface area (TPSA) is 23.8 Å². The average molecular weight is 212 g/mol. The predicted octanol–water partition coefficient (Wildman–Crippen LogP) is 3.92. The smallest absolute Gasteiger partial charge is 0.0915 e. The maximum absolute atomic E-state index is 8.47. The lowest BCUT2D eigenvalue weighted by molar-refractivity contribution is 1.51. The van der Waals surface area contributed by atoms with E-state index in [0.29, 0.717) is 10.0 Å². The Kier molecular flexibility index (Phi) is 3.36. The van der Waals surface area contributed by atoms with Crippen LogP contribution in [0.4, 0.5) is 0 Å². The zero-order valence-electron chi connectivity index (χ0n) is 7.01. The largest absolute Gasteiger partial charge is 0.193 e. The molecule has 0 atom stereocenters. The molecule has 0 N–H and O–H groups in total. The average Bonchev–Trinajstić information content (AvgIpc) is 2.04. The van der Waals surface area contributed by atoms with Crippen LogP contribution >= 0.6 is 23.2 Å². The molecule has 3 heteroatoms. The summed E-state index contributed by atoms with van der Waals surface area (Å²) >= 11 is 11.9. The minimum absolute atomic E-state index is 0.566. The van der Waals surface area contributed by atoms with Crippen molar-refractivity contribution in [2.24, 2.45) is 0 Å². The van der Waals surface area contributed by atoms with Gasteiger partial charge in [0.25, 0.3) is 0 Å². The Balaban J connectivity index is 3.30. The van der Waals surface area contributed by atoms with Gasteiger partial charge in [0.05, 0.1) is 6.07 Å². The Morgan fingerprint density at radius 2 is 1.92 bits per heavy atom. The second-order valence-corrected chi connectivity index (χ2v) is 3.37. The van der Waals surface area contributed by atoms with Crippen LogP contribution in [-0.2, 0) is 0 Å². The Morgan fingerprint density at radius 3 is 2.38 bits per heavy atom. The van der Waals surface area contributed by atoms with E-state index in [9.17, 15) is 0 Å². The minimum atomic E-state index is 0.566. The normalized spacial score (nSPS) is 11.1. The van der Waals surface area contributed by atoms with Crippen LogP contribution in [0.15, 0.2) is 24.3 Å². The molecule has 0 aliphatic rings. The maximum atomic E-state index is 8.47. The molecule has 0 bridgehead atoms. The van der Waals surface area contributed by atoms with Gasteiger partial charge in [0.1, 0.15) is 0 Å². The van der Waals surface area contributed by atoms with Gasteiger partial charge in [-0.3, -0.25) is 0 Å². The quantitative estimate of drug-likeness (QED) is 0.647. The molecule has 0 heterocycles. The van der Waals surface area contributed by atoms with E-state index in [4.69, 9.17) is 28.5 Å². The van der Waals surface area contributed by atoms with Crippen molar-refractivity contribution in [1.29, 1.82) is 5.26 Å². The first-order valence-electron chi connectivity index (χ1n) is 3.67. The SMILES string of the molecule is C/C(=C/C#N)c1c(Cl)cccc1Cl. The van der Waals surface area contributed by atoms with Crippen molar-refractivity contribution in [3.63, 3.8) is 0 Å². The first kappa shape index (κ1) is 10.1. The third-order valence-corrected chi connectivity index (χ3v) is 2.27. The molecule has 66 valence electrons. The van der Waals surface area contributed by atoms with Crippen molar-refractivity contribution < 1.29 is 0 Å². The molecule has 0 aliphatic carbocycles. The molecule has 0 fully saturated rings. The lowest BCUT2D eigenvalue weighted by Gasteiger charge is -2.05. The molecule has 0 saturated carbocycles. The molecule has 0 radical (unpaired) electrons. The Bertz CT molecular complexity index is 368. The molecule has 1 nitrogen and oxygen atoms in total. The fourth-order valence-electron chi connectivity index (χ4n) is 1.04. The standard InChI is InChI=1S/C10H7Cl2N/c1-7(5-6-13)10-8(11)3-2-4-9(10)12/h2-5H,1H3/b7-5-. The van der Waals surface area contributed by atoms with E-state index in [0.717, 1.165) is 11.1 Å². The zero-order valence-corrected chi connectivity index (χ0v) is 8.52. The molecule has 0 aromatic heterocycles. The van der Waals surface area contributed by atoms with Crippen LogP contribution in [0, 0.1) is 11.3 Å². The monoisotopic (exact) mass is 211 g/mol. The van der Waals surface area contributed by atoms with E-state index >= 15 is 0 Å². The highest BCUT2D eigenvalue weighted by molar-refractivity contribution is 6.37. The highest BCUT2D eigenvalue weighted by atomic mass is 35.5. The van der Waals surface area contributed by atoms with E-state index in [2.05, 4.69) is 0 Å². The molecule has 0 spiro atoms. The lowest BCUT2D eigenvalue weighted by atomic mass is 10.1. The summed E-state index contributed by atoms with van der Waals surface area (Å²) < 4.78 is 0. The molecule has 0 amide bonds. The van der Waals surface area contributed by atoms with Crippen molar-refractivity contribution in [3.05, 3.63) is 39.9 Å². The van der Waals surface area contributed by atoms with E-state index in [1.165, 1.54) is 6.08 Å². The molecule has 0 aliphatic heterocycles. The van der Waals surface area contributed by atoms with Gasteiger partial charge in [-0.25, -0.2) is 0 Å². The Morgan fingerprint density at radius 1 is 1.38 bits per heavy atom. The van der Waals surface area contributed by atoms with Crippen LogP contribution in [0.5, 0.6) is 0 Å². The van der Waals surface area contributed by atoms with Crippen molar-refractivity contribution in [2.45, 2.75) is 6.92 Å². The van der Waals surface area contributed by atoms with Crippen LogP contribution in [0.25, 0.3) is 5.57 Å². The molecule has 1 aromatic carbocycles. The van der Waals surface area contributed by atoms with Gasteiger partial charge in [-0.2, -0.15) is 5.26 Å². The summed E-state index contributed by atoms with van der Waals surface area (Å²) in [5, 5.41) is 9.60. The third-order valence-electron chi connectivity index (χ3n) is 1.64. The van der Waals surface area contributed by atoms with Crippen molar-refractivity contribution in [2.75, 3.05) is 0 Å². The van der Waals surface area contributed by atoms with Gasteiger partial charge in [-0.1, -0.05) is 29.3 Å². The van der Waals surface area contributed by atoms with Crippen LogP contribution in [-0.4, -0.2) is 0 Å². The van der Waals surface area contributed by atoms with Gasteiger partial charge in [-0.15, -0.1) is 0 Å². The minimum Gasteiger partial charge on any atom is -0.193 e. The molecular formula is C10H7Cl2N. The van der Waals surface area contributed by atoms with Gasteiger partial charge < -0.3 is 0 Å². The van der Waals surface area contributed by atoms with E-state index in [1.54, 1.807) is 25.1 Å². The maximum Gasteiger partial charge on any atom is 0.0915 e. The van der Waals surface area contributed by atoms with Crippen LogP contribution in [0.2, 0.25) is 10.0 Å². The number of nitriles is 1. The summed E-state index contributed by atoms with van der Waals surface area (Å²) in [6, 6.07) is 7.21. The molecule has 0 unspecified atom stereocenters. The van der Waals surface area contributed by atoms with Crippen LogP contribution in [0.1, 0.15) is 12.5 Å². The number of hydrogen-bond acceptors (Lipinski definition) is 1. The van der Waals surface area contributed by atoms with Gasteiger partial charge in [0, 0.05) is 21.7 Å². The van der Waals surface area contributed by atoms with Crippen LogP contribution < -0.4 is 0 Å². The summed E-state index contributed by atoms with van der Waals surface area (Å²) in [6.45, 7) is 1.80. The van der Waals surface area contributed by atoms with Crippen molar-refractivity contribution in [3.8, 4) is 6.07 Å². The fraction of sp³-hybridized carbons (Fsp3) is 0.100. The molecule has 1 rings (SSSR count). The Hall–Kier alpha value is -0.970. The molecule has 0 saturated heterocycles. The summed E-state index contributed by atoms with van der Waals surface area (Å²) in [5.41, 5.74) is 1.51. The van der Waals surface area contributed by atoms with Crippen LogP contribution in [0.3, 0.4) is 0 Å². The summed E-state index contributed by atoms with van der Waals surface area (Å²) in [4.78, 5) is 0. The fourth-order valence-corrected chi connectivity index (χ4v) is 1.74. The predicted molar refractivity (Wildman–Crippen MR) is 55.7 cm³/mol. The van der Waals surface area contributed by atoms with Gasteiger partial charge in [0.2, 0.25) is 0 Å². The number of benzene rings is 1. The molecular weight excluding hydrogens is 205 g/mol. The molecule has 1 aromatic rings. The van der Waals surface area contributed by atoms with E-state index < -0.39 is 0 Å². The molecule has 13 heavy (non-hydrogen) atoms. The zero-order chi connectivity index (χ0) is 9.84. The number of rotatable bonds is 1. The van der Waals surface area contributed by atoms with Gasteiger partial charge in [-0.05, 0) is 24.6 Å². The third kappa shape index (κ3) is 2.24. The van der Waals surface area contributed by atoms with Crippen molar-refractivity contribution >= 4 is 28.8 Å². The number of allylic oxidation sites excluding steroid dienone is 2. The second-order valence-electron chi connectivity index (χ2n) is 2.55. The highest BCUT2D eigenvalue weighted by Crippen LogP contribution is 2.30. The van der Waals surface area contributed by atoms with Gasteiger partial charge >= 0.3 is 0 Å². The summed E-state index contributed by atoms with van der Waals surface area (Å²) in [7, 11) is 0. The summed E-state index contributed by atoms with van der Waals surface area (Å²) in [6.07, 6.45) is 1.42. The Labute approximate surface area is 87.2 Å². The first-order valence-corrected chi connectivity index (χ1v) is 4.43. The number of hydrogen-bond donors (Lipinski definition) is 0. The van der Waals surface area contributed by atoms with E-state index in [1.807, 2.05) is 6.07 Å². The second kappa shape index (κ2) is 4.32. The summed E-state index contributed by atoms with van der Waals surface area (Å²) in [5.74, 6) is 0. The van der Waals surface area contributed by atoms with Gasteiger partial charge in [0.15, 0.2) is 0 Å². The van der Waals surface area contributed by atoms with E-state index in [-0.39, 0.29) is 0 Å². The first-order chi connectivity index (χ1) is 6.16.